The quantitative estimate of drug-likeness (QED) is 0.738. The van der Waals surface area contributed by atoms with Crippen LogP contribution in [0.4, 0.5) is 0 Å². The average Bonchev–Trinajstić information content (AvgIpc) is 2.30. The molecule has 2 fully saturated rings. The maximum absolute atomic E-state index is 11.4. The highest BCUT2D eigenvalue weighted by atomic mass is 32.2. The summed E-state index contributed by atoms with van der Waals surface area (Å²) in [5.74, 6) is 1.10. The Hall–Kier alpha value is -0.390. The Balaban J connectivity index is 1.80. The van der Waals surface area contributed by atoms with Crippen LogP contribution in [0.3, 0.4) is 0 Å². The summed E-state index contributed by atoms with van der Waals surface area (Å²) in [6.07, 6.45) is 1.54. The Morgan fingerprint density at radius 2 is 1.82 bits per heavy atom. The van der Waals surface area contributed by atoms with Crippen LogP contribution in [0.1, 0.15) is 12.8 Å². The molecule has 0 bridgehead atoms. The third-order valence-electron chi connectivity index (χ3n) is 3.77. The lowest BCUT2D eigenvalue weighted by Gasteiger charge is -2.31. The number of rotatable bonds is 3. The molecule has 2 heterocycles. The molecule has 0 spiro atoms. The zero-order valence-electron chi connectivity index (χ0n) is 10.3. The minimum Gasteiger partial charge on any atom is -0.314 e. The number of nitrogens with zero attached hydrogens (tertiary/aromatic N) is 1. The molecule has 98 valence electrons. The van der Waals surface area contributed by atoms with Crippen molar-refractivity contribution in [2.45, 2.75) is 12.8 Å². The molecular weight excluding hydrogens is 236 g/mol. The Labute approximate surface area is 104 Å². The lowest BCUT2D eigenvalue weighted by molar-refractivity contribution is 0.251. The van der Waals surface area contributed by atoms with Gasteiger partial charge in [-0.25, -0.2) is 8.42 Å². The molecule has 1 N–H and O–H groups in total. The van der Waals surface area contributed by atoms with Crippen molar-refractivity contribution in [1.29, 1.82) is 0 Å². The molecule has 0 aromatic heterocycles. The Morgan fingerprint density at radius 3 is 2.41 bits per heavy atom. The van der Waals surface area contributed by atoms with E-state index in [1.807, 2.05) is 0 Å². The van der Waals surface area contributed by atoms with Crippen molar-refractivity contribution in [2.24, 2.45) is 5.92 Å². The van der Waals surface area contributed by atoms with Gasteiger partial charge in [0, 0.05) is 32.7 Å². The van der Waals surface area contributed by atoms with Crippen LogP contribution < -0.4 is 5.32 Å². The van der Waals surface area contributed by atoms with Gasteiger partial charge in [-0.2, -0.15) is 0 Å². The van der Waals surface area contributed by atoms with Gasteiger partial charge < -0.3 is 5.32 Å². The van der Waals surface area contributed by atoms with Crippen molar-refractivity contribution in [1.82, 2.24) is 10.2 Å². The van der Waals surface area contributed by atoms with Gasteiger partial charge in [0.15, 0.2) is 0 Å². The predicted molar refractivity (Wildman–Crippen MR) is 69.8 cm³/mol. The molecular formula is C12H22N2O2S. The molecule has 2 aliphatic heterocycles. The lowest BCUT2D eigenvalue weighted by Crippen LogP contribution is -2.44. The largest absolute Gasteiger partial charge is 0.314 e. The monoisotopic (exact) mass is 258 g/mol. The highest BCUT2D eigenvalue weighted by Gasteiger charge is 2.26. The van der Waals surface area contributed by atoms with E-state index in [1.54, 1.807) is 0 Å². The van der Waals surface area contributed by atoms with Crippen molar-refractivity contribution in [3.8, 4) is 0 Å². The van der Waals surface area contributed by atoms with E-state index in [0.717, 1.165) is 45.6 Å². The molecule has 4 nitrogen and oxygen atoms in total. The van der Waals surface area contributed by atoms with Crippen LogP contribution in [0.25, 0.3) is 0 Å². The maximum atomic E-state index is 11.4. The molecule has 2 aliphatic rings. The summed E-state index contributed by atoms with van der Waals surface area (Å²) in [7, 11) is -2.75. The summed E-state index contributed by atoms with van der Waals surface area (Å²) in [6.45, 7) is 9.34. The molecule has 0 aliphatic carbocycles. The highest BCUT2D eigenvalue weighted by molar-refractivity contribution is 7.91. The number of piperazine rings is 1. The molecule has 0 saturated carbocycles. The summed E-state index contributed by atoms with van der Waals surface area (Å²) < 4.78 is 22.7. The van der Waals surface area contributed by atoms with Gasteiger partial charge in [-0.1, -0.05) is 12.2 Å². The average molecular weight is 258 g/mol. The summed E-state index contributed by atoms with van der Waals surface area (Å²) in [4.78, 5) is 2.40. The van der Waals surface area contributed by atoms with E-state index >= 15 is 0 Å². The third kappa shape index (κ3) is 3.79. The van der Waals surface area contributed by atoms with E-state index in [-0.39, 0.29) is 0 Å². The minimum atomic E-state index is -2.75. The van der Waals surface area contributed by atoms with Crippen molar-refractivity contribution in [2.75, 3.05) is 44.2 Å². The summed E-state index contributed by atoms with van der Waals surface area (Å²) in [5, 5.41) is 3.33. The lowest BCUT2D eigenvalue weighted by atomic mass is 9.94. The van der Waals surface area contributed by atoms with Crippen LogP contribution in [0.2, 0.25) is 0 Å². The first kappa shape index (κ1) is 13.1. The first-order valence-corrected chi connectivity index (χ1v) is 8.20. The Morgan fingerprint density at radius 1 is 1.24 bits per heavy atom. The van der Waals surface area contributed by atoms with E-state index in [0.29, 0.717) is 17.4 Å². The topological polar surface area (TPSA) is 49.4 Å². The number of hydrogen-bond acceptors (Lipinski definition) is 4. The molecule has 0 atom stereocenters. The highest BCUT2D eigenvalue weighted by Crippen LogP contribution is 2.25. The number of sulfone groups is 1. The minimum absolute atomic E-state index is 0.345. The predicted octanol–water partition coefficient (Wildman–Crippen LogP) is 0.273. The Kier molecular flexibility index (Phi) is 4.22. The fourth-order valence-electron chi connectivity index (χ4n) is 2.58. The molecule has 2 rings (SSSR count). The van der Waals surface area contributed by atoms with E-state index in [2.05, 4.69) is 16.8 Å². The summed E-state index contributed by atoms with van der Waals surface area (Å²) in [5.41, 5.74) is 1.22. The van der Waals surface area contributed by atoms with Crippen LogP contribution in [0.5, 0.6) is 0 Å². The first-order valence-electron chi connectivity index (χ1n) is 6.38. The molecule has 0 amide bonds. The molecule has 0 aromatic carbocycles. The van der Waals surface area contributed by atoms with E-state index in [1.165, 1.54) is 5.57 Å². The third-order valence-corrected chi connectivity index (χ3v) is 5.48. The van der Waals surface area contributed by atoms with Gasteiger partial charge in [0.25, 0.3) is 0 Å². The molecule has 0 unspecified atom stereocenters. The van der Waals surface area contributed by atoms with Crippen LogP contribution >= 0.6 is 0 Å². The molecule has 0 aromatic rings. The summed E-state index contributed by atoms with van der Waals surface area (Å²) >= 11 is 0. The Bertz CT molecular complexity index is 358. The molecule has 0 radical (unpaired) electrons. The van der Waals surface area contributed by atoms with Gasteiger partial charge in [0.1, 0.15) is 9.84 Å². The van der Waals surface area contributed by atoms with E-state index in [4.69, 9.17) is 0 Å². The number of hydrogen-bond donors (Lipinski definition) is 1. The second-order valence-electron chi connectivity index (χ2n) is 5.11. The first-order chi connectivity index (χ1) is 8.07. The second kappa shape index (κ2) is 5.50. The van der Waals surface area contributed by atoms with Crippen molar-refractivity contribution in [3.63, 3.8) is 0 Å². The van der Waals surface area contributed by atoms with Gasteiger partial charge in [-0.05, 0) is 18.8 Å². The molecule has 2 saturated heterocycles. The normalized spacial score (nSPS) is 26.8. The van der Waals surface area contributed by atoms with Gasteiger partial charge in [-0.15, -0.1) is 0 Å². The zero-order chi connectivity index (χ0) is 12.3. The number of nitrogens with one attached hydrogen (secondary N) is 1. The van der Waals surface area contributed by atoms with Gasteiger partial charge in [0.2, 0.25) is 0 Å². The SMILES string of the molecule is C=C(CN1CCNCC1)C1CCS(=O)(=O)CC1. The van der Waals surface area contributed by atoms with Gasteiger partial charge in [0.05, 0.1) is 11.5 Å². The van der Waals surface area contributed by atoms with Crippen LogP contribution in [0, 0.1) is 5.92 Å². The van der Waals surface area contributed by atoms with E-state index < -0.39 is 9.84 Å². The second-order valence-corrected chi connectivity index (χ2v) is 7.41. The maximum Gasteiger partial charge on any atom is 0.150 e. The van der Waals surface area contributed by atoms with Crippen molar-refractivity contribution in [3.05, 3.63) is 12.2 Å². The van der Waals surface area contributed by atoms with Crippen molar-refractivity contribution >= 4 is 9.84 Å². The standard InChI is InChI=1S/C12H22N2O2S/c1-11(10-14-6-4-13-5-7-14)12-2-8-17(15,16)9-3-12/h12-13H,1-10H2. The van der Waals surface area contributed by atoms with Crippen molar-refractivity contribution < 1.29 is 8.42 Å². The van der Waals surface area contributed by atoms with Crippen LogP contribution in [-0.4, -0.2) is 57.5 Å². The van der Waals surface area contributed by atoms with Crippen LogP contribution in [-0.2, 0) is 9.84 Å². The molecule has 5 heteroatoms. The fourth-order valence-corrected chi connectivity index (χ4v) is 4.08. The molecule has 17 heavy (non-hydrogen) atoms. The van der Waals surface area contributed by atoms with E-state index in [9.17, 15) is 8.42 Å². The zero-order valence-corrected chi connectivity index (χ0v) is 11.1. The smallest absolute Gasteiger partial charge is 0.150 e. The van der Waals surface area contributed by atoms with Gasteiger partial charge in [-0.3, -0.25) is 4.90 Å². The fraction of sp³-hybridized carbons (Fsp3) is 0.833. The summed E-state index contributed by atoms with van der Waals surface area (Å²) in [6, 6.07) is 0. The van der Waals surface area contributed by atoms with Crippen LogP contribution in [0.15, 0.2) is 12.2 Å². The van der Waals surface area contributed by atoms with Gasteiger partial charge >= 0.3 is 0 Å².